The highest BCUT2D eigenvalue weighted by molar-refractivity contribution is 5.81. The van der Waals surface area contributed by atoms with Crippen LogP contribution in [0.3, 0.4) is 0 Å². The predicted molar refractivity (Wildman–Crippen MR) is 92.6 cm³/mol. The van der Waals surface area contributed by atoms with Gasteiger partial charge in [-0.3, -0.25) is 0 Å². The van der Waals surface area contributed by atoms with Gasteiger partial charge in [0, 0.05) is 0 Å². The second-order valence-corrected chi connectivity index (χ2v) is 5.87. The van der Waals surface area contributed by atoms with Crippen LogP contribution in [0, 0.1) is 19.7 Å². The molecule has 4 aromatic rings. The molecule has 0 radical (unpaired) electrons. The maximum absolute atomic E-state index is 13.1. The van der Waals surface area contributed by atoms with Gasteiger partial charge in [0.2, 0.25) is 5.88 Å². The number of benzene rings is 2. The van der Waals surface area contributed by atoms with Gasteiger partial charge < -0.3 is 4.74 Å². The Morgan fingerprint density at radius 3 is 2.40 bits per heavy atom. The number of ether oxygens (including phenoxy) is 1. The molecule has 0 atom stereocenters. The molecule has 0 aliphatic carbocycles. The number of aryl methyl sites for hydroxylation is 2. The Morgan fingerprint density at radius 2 is 1.68 bits per heavy atom. The minimum absolute atomic E-state index is 0.298. The first-order valence-corrected chi connectivity index (χ1v) is 7.81. The van der Waals surface area contributed by atoms with Crippen LogP contribution in [0.15, 0.2) is 55.0 Å². The smallest absolute Gasteiger partial charge is 0.233 e. The molecule has 0 aliphatic heterocycles. The monoisotopic (exact) mass is 334 g/mol. The van der Waals surface area contributed by atoms with Crippen molar-refractivity contribution in [2.45, 2.75) is 13.8 Å². The zero-order chi connectivity index (χ0) is 17.4. The fraction of sp³-hybridized carbons (Fsp3) is 0.105. The van der Waals surface area contributed by atoms with Gasteiger partial charge in [-0.1, -0.05) is 6.07 Å². The van der Waals surface area contributed by atoms with E-state index < -0.39 is 0 Å². The summed E-state index contributed by atoms with van der Waals surface area (Å²) in [5.41, 5.74) is 3.54. The third kappa shape index (κ3) is 2.94. The van der Waals surface area contributed by atoms with Gasteiger partial charge in [0.15, 0.2) is 5.65 Å². The minimum atomic E-state index is -0.298. The second-order valence-electron chi connectivity index (χ2n) is 5.87. The van der Waals surface area contributed by atoms with Gasteiger partial charge in [-0.05, 0) is 61.4 Å². The van der Waals surface area contributed by atoms with Gasteiger partial charge >= 0.3 is 0 Å². The summed E-state index contributed by atoms with van der Waals surface area (Å²) in [6.45, 7) is 4.03. The first kappa shape index (κ1) is 15.3. The molecule has 0 spiro atoms. The average molecular weight is 334 g/mol. The van der Waals surface area contributed by atoms with Gasteiger partial charge in [0.25, 0.3) is 0 Å². The van der Waals surface area contributed by atoms with Crippen molar-refractivity contribution in [3.05, 3.63) is 71.9 Å². The molecular formula is C19H15FN4O. The van der Waals surface area contributed by atoms with Crippen molar-refractivity contribution in [3.63, 3.8) is 0 Å². The first-order chi connectivity index (χ1) is 12.1. The van der Waals surface area contributed by atoms with Crippen molar-refractivity contribution in [2.75, 3.05) is 0 Å². The molecule has 6 heteroatoms. The molecule has 4 rings (SSSR count). The van der Waals surface area contributed by atoms with Crippen molar-refractivity contribution >= 4 is 11.0 Å². The Balaban J connectivity index is 1.77. The van der Waals surface area contributed by atoms with Gasteiger partial charge in [-0.25, -0.2) is 19.0 Å². The lowest BCUT2D eigenvalue weighted by molar-refractivity contribution is 0.467. The SMILES string of the molecule is Cc1cc(C)cc(Oc2ncnc3c2cnn3-c2ccc(F)cc2)c1. The molecule has 0 bridgehead atoms. The number of hydrogen-bond acceptors (Lipinski definition) is 4. The molecule has 0 unspecified atom stereocenters. The molecule has 0 aliphatic rings. The van der Waals surface area contributed by atoms with Gasteiger partial charge in [-0.2, -0.15) is 5.10 Å². The Morgan fingerprint density at radius 1 is 0.960 bits per heavy atom. The number of hydrogen-bond donors (Lipinski definition) is 0. The standard InChI is InChI=1S/C19H15FN4O/c1-12-7-13(2)9-16(8-12)25-19-17-10-23-24(18(17)21-11-22-19)15-5-3-14(20)4-6-15/h3-11H,1-2H3. The fourth-order valence-corrected chi connectivity index (χ4v) is 2.78. The van der Waals surface area contributed by atoms with E-state index in [-0.39, 0.29) is 5.82 Å². The Hall–Kier alpha value is -3.28. The normalized spacial score (nSPS) is 11.0. The number of fused-ring (bicyclic) bond motifs is 1. The summed E-state index contributed by atoms with van der Waals surface area (Å²) in [5.74, 6) is 0.851. The zero-order valence-electron chi connectivity index (χ0n) is 13.8. The third-order valence-electron chi connectivity index (χ3n) is 3.81. The molecule has 2 heterocycles. The predicted octanol–water partition coefficient (Wildman–Crippen LogP) is 4.36. The minimum Gasteiger partial charge on any atom is -0.438 e. The summed E-state index contributed by atoms with van der Waals surface area (Å²) in [6, 6.07) is 12.0. The van der Waals surface area contributed by atoms with Crippen LogP contribution in [-0.4, -0.2) is 19.7 Å². The largest absolute Gasteiger partial charge is 0.438 e. The van der Waals surface area contributed by atoms with E-state index >= 15 is 0 Å². The molecule has 5 nitrogen and oxygen atoms in total. The molecule has 2 aromatic carbocycles. The number of halogens is 1. The number of aromatic nitrogens is 4. The fourth-order valence-electron chi connectivity index (χ4n) is 2.78. The topological polar surface area (TPSA) is 52.8 Å². The summed E-state index contributed by atoms with van der Waals surface area (Å²) >= 11 is 0. The van der Waals surface area contributed by atoms with Crippen LogP contribution < -0.4 is 4.74 Å². The molecular weight excluding hydrogens is 319 g/mol. The molecule has 0 saturated heterocycles. The molecule has 124 valence electrons. The van der Waals surface area contributed by atoms with E-state index in [2.05, 4.69) is 21.1 Å². The van der Waals surface area contributed by atoms with E-state index in [1.807, 2.05) is 26.0 Å². The van der Waals surface area contributed by atoms with E-state index in [9.17, 15) is 4.39 Å². The van der Waals surface area contributed by atoms with Crippen molar-refractivity contribution in [3.8, 4) is 17.3 Å². The Bertz CT molecular complexity index is 1040. The molecule has 2 aromatic heterocycles. The van der Waals surface area contributed by atoms with E-state index in [0.29, 0.717) is 28.4 Å². The lowest BCUT2D eigenvalue weighted by Gasteiger charge is -2.08. The van der Waals surface area contributed by atoms with Crippen LogP contribution in [0.2, 0.25) is 0 Å². The molecule has 25 heavy (non-hydrogen) atoms. The van der Waals surface area contributed by atoms with E-state index in [1.165, 1.54) is 18.5 Å². The summed E-state index contributed by atoms with van der Waals surface area (Å²) in [4.78, 5) is 8.53. The Kier molecular flexibility index (Phi) is 3.65. The van der Waals surface area contributed by atoms with Crippen molar-refractivity contribution in [1.82, 2.24) is 19.7 Å². The van der Waals surface area contributed by atoms with Crippen molar-refractivity contribution in [1.29, 1.82) is 0 Å². The number of rotatable bonds is 3. The van der Waals surface area contributed by atoms with E-state index in [0.717, 1.165) is 11.1 Å². The van der Waals surface area contributed by atoms with E-state index in [4.69, 9.17) is 4.74 Å². The summed E-state index contributed by atoms with van der Waals surface area (Å²) in [7, 11) is 0. The van der Waals surface area contributed by atoms with Crippen LogP contribution in [0.25, 0.3) is 16.7 Å². The van der Waals surface area contributed by atoms with Crippen LogP contribution in [0.4, 0.5) is 4.39 Å². The van der Waals surface area contributed by atoms with Crippen molar-refractivity contribution < 1.29 is 9.13 Å². The lowest BCUT2D eigenvalue weighted by Crippen LogP contribution is -1.98. The van der Waals surface area contributed by atoms with Gasteiger partial charge in [0.05, 0.1) is 11.9 Å². The van der Waals surface area contributed by atoms with Crippen LogP contribution in [0.1, 0.15) is 11.1 Å². The van der Waals surface area contributed by atoms with Gasteiger partial charge in [-0.15, -0.1) is 0 Å². The maximum atomic E-state index is 13.1. The van der Waals surface area contributed by atoms with Crippen LogP contribution in [0.5, 0.6) is 11.6 Å². The number of nitrogens with zero attached hydrogens (tertiary/aromatic N) is 4. The highest BCUT2D eigenvalue weighted by Gasteiger charge is 2.13. The second kappa shape index (κ2) is 5.98. The summed E-state index contributed by atoms with van der Waals surface area (Å²) in [5, 5.41) is 5.03. The highest BCUT2D eigenvalue weighted by atomic mass is 19.1. The maximum Gasteiger partial charge on any atom is 0.233 e. The summed E-state index contributed by atoms with van der Waals surface area (Å²) < 4.78 is 20.7. The van der Waals surface area contributed by atoms with Crippen LogP contribution >= 0.6 is 0 Å². The molecule has 0 fully saturated rings. The van der Waals surface area contributed by atoms with Crippen LogP contribution in [-0.2, 0) is 0 Å². The third-order valence-corrected chi connectivity index (χ3v) is 3.81. The average Bonchev–Trinajstić information content (AvgIpc) is 3.00. The molecule has 0 saturated carbocycles. The van der Waals surface area contributed by atoms with Gasteiger partial charge in [0.1, 0.15) is 23.3 Å². The van der Waals surface area contributed by atoms with E-state index in [1.54, 1.807) is 23.0 Å². The molecule has 0 N–H and O–H groups in total. The molecule has 0 amide bonds. The zero-order valence-corrected chi connectivity index (χ0v) is 13.8. The Labute approximate surface area is 143 Å². The lowest BCUT2D eigenvalue weighted by atomic mass is 10.1. The summed E-state index contributed by atoms with van der Waals surface area (Å²) in [6.07, 6.45) is 3.08. The quantitative estimate of drug-likeness (QED) is 0.558. The highest BCUT2D eigenvalue weighted by Crippen LogP contribution is 2.28. The first-order valence-electron chi connectivity index (χ1n) is 7.81. The van der Waals surface area contributed by atoms with Crippen molar-refractivity contribution in [2.24, 2.45) is 0 Å².